The Balaban J connectivity index is 2.12. The average Bonchev–Trinajstić information content (AvgIpc) is 2.59. The molecule has 120 valence electrons. The molecule has 0 spiro atoms. The lowest BCUT2D eigenvalue weighted by atomic mass is 10.2. The third-order valence-electron chi connectivity index (χ3n) is 3.28. The van der Waals surface area contributed by atoms with Crippen LogP contribution < -0.4 is 5.56 Å². The second kappa shape index (κ2) is 6.99. The molecule has 0 saturated carbocycles. The van der Waals surface area contributed by atoms with E-state index in [1.165, 1.54) is 11.8 Å². The molecule has 2 aromatic heterocycles. The van der Waals surface area contributed by atoms with Crippen molar-refractivity contribution in [2.24, 2.45) is 0 Å². The van der Waals surface area contributed by atoms with Gasteiger partial charge in [0, 0.05) is 11.6 Å². The molecule has 2 heterocycles. The van der Waals surface area contributed by atoms with Crippen molar-refractivity contribution in [3.8, 4) is 6.07 Å². The molecule has 3 rings (SSSR count). The summed E-state index contributed by atoms with van der Waals surface area (Å²) in [6.45, 7) is 2.55. The van der Waals surface area contributed by atoms with Crippen LogP contribution in [0, 0.1) is 11.3 Å². The number of hydrogen-bond donors (Lipinski definition) is 0. The van der Waals surface area contributed by atoms with E-state index in [9.17, 15) is 4.79 Å². The number of hydrogen-bond acceptors (Lipinski definition) is 6. The van der Waals surface area contributed by atoms with Gasteiger partial charge in [-0.1, -0.05) is 18.5 Å². The third-order valence-corrected chi connectivity index (χ3v) is 4.44. The van der Waals surface area contributed by atoms with E-state index in [0.717, 1.165) is 6.42 Å². The van der Waals surface area contributed by atoms with Crippen molar-refractivity contribution in [3.05, 3.63) is 51.4 Å². The molecule has 24 heavy (non-hydrogen) atoms. The van der Waals surface area contributed by atoms with Gasteiger partial charge in [0.25, 0.3) is 5.56 Å². The van der Waals surface area contributed by atoms with Crippen LogP contribution in [0.1, 0.15) is 19.0 Å². The maximum absolute atomic E-state index is 12.7. The molecule has 0 unspecified atom stereocenters. The van der Waals surface area contributed by atoms with Gasteiger partial charge in [-0.15, -0.1) is 10.2 Å². The van der Waals surface area contributed by atoms with Gasteiger partial charge in [-0.25, -0.2) is 4.98 Å². The Kier molecular flexibility index (Phi) is 4.79. The summed E-state index contributed by atoms with van der Waals surface area (Å²) in [6, 6.07) is 10.2. The van der Waals surface area contributed by atoms with Crippen molar-refractivity contribution in [1.82, 2.24) is 19.7 Å². The van der Waals surface area contributed by atoms with Gasteiger partial charge < -0.3 is 0 Å². The van der Waals surface area contributed by atoms with E-state index >= 15 is 0 Å². The summed E-state index contributed by atoms with van der Waals surface area (Å²) in [5.41, 5.74) is 0.676. The van der Waals surface area contributed by atoms with E-state index in [4.69, 9.17) is 16.9 Å². The zero-order chi connectivity index (χ0) is 17.1. The highest BCUT2D eigenvalue weighted by atomic mass is 35.5. The summed E-state index contributed by atoms with van der Waals surface area (Å²) in [7, 11) is 0. The minimum Gasteiger partial charge on any atom is -0.287 e. The molecule has 0 atom stereocenters. The SMILES string of the molecule is CCCn1c(Sc2ccc(C#N)nn2)nc2cc(Cl)ccc2c1=O. The van der Waals surface area contributed by atoms with Crippen molar-refractivity contribution < 1.29 is 0 Å². The van der Waals surface area contributed by atoms with Crippen LogP contribution in [0.4, 0.5) is 0 Å². The first kappa shape index (κ1) is 16.4. The Morgan fingerprint density at radius 3 is 2.79 bits per heavy atom. The summed E-state index contributed by atoms with van der Waals surface area (Å²) in [5.74, 6) is 0. The topological polar surface area (TPSA) is 84.5 Å². The molecule has 6 nitrogen and oxygen atoms in total. The highest BCUT2D eigenvalue weighted by molar-refractivity contribution is 7.99. The molecule has 0 aliphatic carbocycles. The van der Waals surface area contributed by atoms with Crippen molar-refractivity contribution >= 4 is 34.3 Å². The fraction of sp³-hybridized carbons (Fsp3) is 0.188. The highest BCUT2D eigenvalue weighted by Crippen LogP contribution is 2.25. The van der Waals surface area contributed by atoms with Crippen molar-refractivity contribution in [2.45, 2.75) is 30.1 Å². The molecule has 0 radical (unpaired) electrons. The number of nitriles is 1. The number of aromatic nitrogens is 4. The molecular formula is C16H12ClN5OS. The maximum atomic E-state index is 12.7. The van der Waals surface area contributed by atoms with E-state index in [0.29, 0.717) is 32.7 Å². The van der Waals surface area contributed by atoms with Crippen LogP contribution in [0.15, 0.2) is 45.3 Å². The van der Waals surface area contributed by atoms with Crippen LogP contribution in [-0.4, -0.2) is 19.7 Å². The largest absolute Gasteiger partial charge is 0.287 e. The summed E-state index contributed by atoms with van der Waals surface area (Å²) in [5, 5.41) is 18.7. The molecule has 0 saturated heterocycles. The van der Waals surface area contributed by atoms with Gasteiger partial charge in [-0.2, -0.15) is 5.26 Å². The molecule has 8 heteroatoms. The van der Waals surface area contributed by atoms with Crippen molar-refractivity contribution in [3.63, 3.8) is 0 Å². The Hall–Kier alpha value is -2.43. The number of nitrogens with zero attached hydrogens (tertiary/aromatic N) is 5. The number of fused-ring (bicyclic) bond motifs is 1. The average molecular weight is 358 g/mol. The van der Waals surface area contributed by atoms with Crippen LogP contribution in [0.25, 0.3) is 10.9 Å². The lowest BCUT2D eigenvalue weighted by molar-refractivity contribution is 0.584. The molecule has 0 aliphatic rings. The smallest absolute Gasteiger partial charge is 0.262 e. The molecular weight excluding hydrogens is 346 g/mol. The molecule has 0 fully saturated rings. The first-order valence-corrected chi connectivity index (χ1v) is 8.43. The second-order valence-electron chi connectivity index (χ2n) is 4.98. The summed E-state index contributed by atoms with van der Waals surface area (Å²) in [4.78, 5) is 17.3. The third kappa shape index (κ3) is 3.25. The second-order valence-corrected chi connectivity index (χ2v) is 6.41. The van der Waals surface area contributed by atoms with E-state index in [1.807, 2.05) is 13.0 Å². The Bertz CT molecular complexity index is 994. The quantitative estimate of drug-likeness (QED) is 0.666. The minimum absolute atomic E-state index is 0.109. The van der Waals surface area contributed by atoms with Crippen LogP contribution in [0.5, 0.6) is 0 Å². The van der Waals surface area contributed by atoms with Crippen molar-refractivity contribution in [1.29, 1.82) is 5.26 Å². The number of benzene rings is 1. The standard InChI is InChI=1S/C16H12ClN5OS/c1-2-7-22-15(23)12-5-3-10(17)8-13(12)19-16(22)24-14-6-4-11(9-18)20-21-14/h3-6,8H,2,7H2,1H3. The van der Waals surface area contributed by atoms with Crippen LogP contribution >= 0.6 is 23.4 Å². The summed E-state index contributed by atoms with van der Waals surface area (Å²) >= 11 is 7.24. The lowest BCUT2D eigenvalue weighted by Gasteiger charge is -2.11. The van der Waals surface area contributed by atoms with Gasteiger partial charge in [-0.3, -0.25) is 9.36 Å². The minimum atomic E-state index is -0.109. The lowest BCUT2D eigenvalue weighted by Crippen LogP contribution is -2.23. The van der Waals surface area contributed by atoms with Gasteiger partial charge in [0.15, 0.2) is 10.9 Å². The van der Waals surface area contributed by atoms with Gasteiger partial charge >= 0.3 is 0 Å². The summed E-state index contributed by atoms with van der Waals surface area (Å²) in [6.07, 6.45) is 0.799. The first-order chi connectivity index (χ1) is 11.6. The van der Waals surface area contributed by atoms with Gasteiger partial charge in [-0.05, 0) is 48.5 Å². The van der Waals surface area contributed by atoms with Crippen molar-refractivity contribution in [2.75, 3.05) is 0 Å². The van der Waals surface area contributed by atoms with E-state index in [2.05, 4.69) is 15.2 Å². The zero-order valence-corrected chi connectivity index (χ0v) is 14.3. The van der Waals surface area contributed by atoms with Crippen LogP contribution in [-0.2, 0) is 6.54 Å². The normalized spacial score (nSPS) is 10.7. The molecule has 1 aromatic carbocycles. The van der Waals surface area contributed by atoms with Gasteiger partial charge in [0.05, 0.1) is 10.9 Å². The van der Waals surface area contributed by atoms with Crippen LogP contribution in [0.2, 0.25) is 5.02 Å². The fourth-order valence-electron chi connectivity index (χ4n) is 2.20. The highest BCUT2D eigenvalue weighted by Gasteiger charge is 2.13. The summed E-state index contributed by atoms with van der Waals surface area (Å²) < 4.78 is 1.63. The molecule has 0 amide bonds. The molecule has 0 N–H and O–H groups in total. The molecule has 0 aliphatic heterocycles. The van der Waals surface area contributed by atoms with Gasteiger partial charge in [0.1, 0.15) is 11.1 Å². The first-order valence-electron chi connectivity index (χ1n) is 7.24. The monoisotopic (exact) mass is 357 g/mol. The number of halogens is 1. The van der Waals surface area contributed by atoms with E-state index in [-0.39, 0.29) is 11.3 Å². The predicted octanol–water partition coefficient (Wildman–Crippen LogP) is 3.27. The Morgan fingerprint density at radius 2 is 2.12 bits per heavy atom. The maximum Gasteiger partial charge on any atom is 0.262 e. The molecule has 0 bridgehead atoms. The van der Waals surface area contributed by atoms with E-state index < -0.39 is 0 Å². The van der Waals surface area contributed by atoms with E-state index in [1.54, 1.807) is 34.9 Å². The predicted molar refractivity (Wildman–Crippen MR) is 92.2 cm³/mol. The van der Waals surface area contributed by atoms with Crippen LogP contribution in [0.3, 0.4) is 0 Å². The fourth-order valence-corrected chi connectivity index (χ4v) is 3.20. The van der Waals surface area contributed by atoms with Gasteiger partial charge in [0.2, 0.25) is 0 Å². The molecule has 3 aromatic rings. The Morgan fingerprint density at radius 1 is 1.29 bits per heavy atom. The zero-order valence-electron chi connectivity index (χ0n) is 12.7. The number of rotatable bonds is 4. The Labute approximate surface area is 147 Å².